The first-order chi connectivity index (χ1) is 23.4. The van der Waals surface area contributed by atoms with E-state index < -0.39 is 75.9 Å². The molecule has 2 aromatic carbocycles. The van der Waals surface area contributed by atoms with E-state index in [2.05, 4.69) is 4.98 Å². The Morgan fingerprint density at radius 1 is 0.843 bits per heavy atom. The summed E-state index contributed by atoms with van der Waals surface area (Å²) >= 11 is 0. The fraction of sp³-hybridized carbons (Fsp3) is 0.444. The minimum Gasteiger partial charge on any atom is -0.467 e. The number of ether oxygens (including phenoxy) is 2. The second-order valence-electron chi connectivity index (χ2n) is 13.9. The summed E-state index contributed by atoms with van der Waals surface area (Å²) in [7, 11) is 2.47. The van der Waals surface area contributed by atoms with Gasteiger partial charge in [-0.1, -0.05) is 6.07 Å². The highest BCUT2D eigenvalue weighted by Gasteiger charge is 2.46. The molecule has 0 radical (unpaired) electrons. The number of halogens is 7. The molecule has 0 unspecified atom stereocenters. The number of alkyl halides is 6. The van der Waals surface area contributed by atoms with E-state index in [4.69, 9.17) is 9.47 Å². The Balaban J connectivity index is 1.87. The van der Waals surface area contributed by atoms with Crippen LogP contribution in [0, 0.1) is 12.7 Å². The lowest BCUT2D eigenvalue weighted by Crippen LogP contribution is -2.45. The molecular formula is C36H38F7N3O5. The van der Waals surface area contributed by atoms with Gasteiger partial charge < -0.3 is 14.4 Å². The number of hydrogen-bond donors (Lipinski definition) is 0. The van der Waals surface area contributed by atoms with Crippen molar-refractivity contribution >= 4 is 23.7 Å². The van der Waals surface area contributed by atoms with Crippen molar-refractivity contribution in [2.24, 2.45) is 0 Å². The molecule has 15 heteroatoms. The van der Waals surface area contributed by atoms with Gasteiger partial charge in [0.1, 0.15) is 17.5 Å². The van der Waals surface area contributed by atoms with Crippen molar-refractivity contribution in [2.75, 3.05) is 19.1 Å². The average molecular weight is 726 g/mol. The van der Waals surface area contributed by atoms with Gasteiger partial charge in [-0.2, -0.15) is 26.3 Å². The number of aromatic nitrogens is 1. The molecule has 1 aromatic heterocycles. The van der Waals surface area contributed by atoms with Gasteiger partial charge in [-0.15, -0.1) is 0 Å². The van der Waals surface area contributed by atoms with E-state index in [0.29, 0.717) is 23.3 Å². The van der Waals surface area contributed by atoms with Crippen LogP contribution in [-0.4, -0.2) is 53.7 Å². The fourth-order valence-electron chi connectivity index (χ4n) is 6.06. The zero-order valence-corrected chi connectivity index (χ0v) is 29.2. The summed E-state index contributed by atoms with van der Waals surface area (Å²) in [6.45, 7) is 8.98. The maximum absolute atomic E-state index is 14.2. The molecule has 51 heavy (non-hydrogen) atoms. The third-order valence-electron chi connectivity index (χ3n) is 8.70. The molecule has 1 aliphatic heterocycles. The van der Waals surface area contributed by atoms with Crippen LogP contribution in [0.3, 0.4) is 0 Å². The van der Waals surface area contributed by atoms with Crippen molar-refractivity contribution in [1.29, 1.82) is 0 Å². The van der Waals surface area contributed by atoms with E-state index in [1.807, 2.05) is 0 Å². The van der Waals surface area contributed by atoms with E-state index in [1.54, 1.807) is 33.8 Å². The monoisotopic (exact) mass is 725 g/mol. The molecule has 276 valence electrons. The zero-order chi connectivity index (χ0) is 38.4. The normalized spacial score (nSPS) is 17.0. The van der Waals surface area contributed by atoms with Gasteiger partial charge in [0, 0.05) is 12.6 Å². The summed E-state index contributed by atoms with van der Waals surface area (Å²) in [4.78, 5) is 47.1. The third kappa shape index (κ3) is 8.28. The molecule has 0 aliphatic carbocycles. The standard InChI is InChI=1S/C36H38F7N3O5/c1-19-13-23(37)9-10-24(19)25-17-26(27-11-12-28(30(47)50-8)46(27)32(49)51-33(2,3)4)44-18-29(25)45(7)31(48)34(5,6)20-14-21(35(38,39)40)16-22(15-20)36(41,42)43/h9-10,13-18,27-28H,11-12H2,1-8H3/t27-,28+/m1/s1. The average Bonchev–Trinajstić information content (AvgIpc) is 3.47. The van der Waals surface area contributed by atoms with Crippen LogP contribution in [0.4, 0.5) is 41.2 Å². The fourth-order valence-corrected chi connectivity index (χ4v) is 6.06. The first-order valence-electron chi connectivity index (χ1n) is 15.8. The van der Waals surface area contributed by atoms with Crippen LogP contribution >= 0.6 is 0 Å². The number of carbonyl (C=O) groups excluding carboxylic acids is 3. The predicted octanol–water partition coefficient (Wildman–Crippen LogP) is 8.79. The Morgan fingerprint density at radius 2 is 1.41 bits per heavy atom. The van der Waals surface area contributed by atoms with E-state index >= 15 is 0 Å². The molecule has 0 bridgehead atoms. The number of carbonyl (C=O) groups is 3. The van der Waals surface area contributed by atoms with Crippen molar-refractivity contribution in [1.82, 2.24) is 9.88 Å². The Kier molecular flexibility index (Phi) is 10.6. The number of methoxy groups -OCH3 is 1. The minimum absolute atomic E-state index is 0.0137. The van der Waals surface area contributed by atoms with Crippen LogP contribution in [0.25, 0.3) is 11.1 Å². The van der Waals surface area contributed by atoms with Gasteiger partial charge in [0.15, 0.2) is 0 Å². The number of likely N-dealkylation sites (tertiary alicyclic amines) is 1. The van der Waals surface area contributed by atoms with Gasteiger partial charge in [-0.25, -0.2) is 14.0 Å². The van der Waals surface area contributed by atoms with Crippen LogP contribution in [0.2, 0.25) is 0 Å². The SMILES string of the molecule is COC(=O)[C@@H]1CC[C@H](c2cc(-c3ccc(F)cc3C)c(N(C)C(=O)C(C)(C)c3cc(C(F)(F)F)cc(C(F)(F)F)c3)cn2)N1C(=O)OC(C)(C)C. The molecule has 1 saturated heterocycles. The van der Waals surface area contributed by atoms with Crippen LogP contribution < -0.4 is 4.90 Å². The van der Waals surface area contributed by atoms with Gasteiger partial charge in [-0.3, -0.25) is 14.7 Å². The molecule has 2 amide bonds. The molecular weight excluding hydrogens is 687 g/mol. The van der Waals surface area contributed by atoms with Crippen LogP contribution in [0.5, 0.6) is 0 Å². The van der Waals surface area contributed by atoms with Gasteiger partial charge in [-0.05, 0) is 107 Å². The number of pyridine rings is 1. The third-order valence-corrected chi connectivity index (χ3v) is 8.70. The van der Waals surface area contributed by atoms with Crippen molar-refractivity contribution in [3.8, 4) is 11.1 Å². The number of rotatable bonds is 6. The predicted molar refractivity (Wildman–Crippen MR) is 173 cm³/mol. The number of anilines is 1. The Labute approximate surface area is 290 Å². The first kappa shape index (κ1) is 39.1. The number of nitrogens with zero attached hydrogens (tertiary/aromatic N) is 3. The molecule has 2 heterocycles. The van der Waals surface area contributed by atoms with Crippen molar-refractivity contribution in [2.45, 2.75) is 89.8 Å². The molecule has 1 aliphatic rings. The number of aryl methyl sites for hydroxylation is 1. The summed E-state index contributed by atoms with van der Waals surface area (Å²) in [6, 6.07) is 4.58. The summed E-state index contributed by atoms with van der Waals surface area (Å²) in [5.41, 5.74) is -5.05. The maximum atomic E-state index is 14.2. The molecule has 1 fully saturated rings. The lowest BCUT2D eigenvalue weighted by Gasteiger charge is -2.33. The quantitative estimate of drug-likeness (QED) is 0.187. The minimum atomic E-state index is -5.13. The molecule has 0 saturated carbocycles. The second kappa shape index (κ2) is 13.8. The van der Waals surface area contributed by atoms with Crippen LogP contribution in [0.15, 0.2) is 48.7 Å². The Bertz CT molecular complexity index is 1800. The van der Waals surface area contributed by atoms with Crippen molar-refractivity contribution in [3.63, 3.8) is 0 Å². The maximum Gasteiger partial charge on any atom is 0.416 e. The molecule has 4 rings (SSSR count). The lowest BCUT2D eigenvalue weighted by atomic mass is 9.81. The zero-order valence-electron chi connectivity index (χ0n) is 29.2. The van der Waals surface area contributed by atoms with Gasteiger partial charge in [0.2, 0.25) is 5.91 Å². The highest BCUT2D eigenvalue weighted by Crippen LogP contribution is 2.43. The molecule has 3 aromatic rings. The van der Waals surface area contributed by atoms with Crippen molar-refractivity contribution < 1.29 is 54.6 Å². The van der Waals surface area contributed by atoms with Gasteiger partial charge >= 0.3 is 24.4 Å². The van der Waals surface area contributed by atoms with Crippen molar-refractivity contribution in [3.05, 3.63) is 82.4 Å². The highest BCUT2D eigenvalue weighted by molar-refractivity contribution is 6.03. The smallest absolute Gasteiger partial charge is 0.416 e. The summed E-state index contributed by atoms with van der Waals surface area (Å²) < 4.78 is 107. The van der Waals surface area contributed by atoms with E-state index in [9.17, 15) is 45.1 Å². The largest absolute Gasteiger partial charge is 0.467 e. The topological polar surface area (TPSA) is 89.0 Å². The van der Waals surface area contributed by atoms with E-state index in [-0.39, 0.29) is 35.9 Å². The molecule has 0 N–H and O–H groups in total. The molecule has 8 nitrogen and oxygen atoms in total. The van der Waals surface area contributed by atoms with Gasteiger partial charge in [0.25, 0.3) is 0 Å². The summed E-state index contributed by atoms with van der Waals surface area (Å²) in [6.07, 6.45) is -9.34. The van der Waals surface area contributed by atoms with Crippen LogP contribution in [0.1, 0.15) is 81.4 Å². The number of hydrogen-bond acceptors (Lipinski definition) is 6. The van der Waals surface area contributed by atoms with E-state index in [0.717, 1.165) is 4.90 Å². The number of benzene rings is 2. The Morgan fingerprint density at radius 3 is 1.92 bits per heavy atom. The number of amides is 2. The highest BCUT2D eigenvalue weighted by atomic mass is 19.4. The second-order valence-corrected chi connectivity index (χ2v) is 13.9. The molecule has 0 spiro atoms. The number of esters is 1. The summed E-state index contributed by atoms with van der Waals surface area (Å²) in [5, 5.41) is 0. The van der Waals surface area contributed by atoms with Gasteiger partial charge in [0.05, 0.1) is 47.3 Å². The first-order valence-corrected chi connectivity index (χ1v) is 15.8. The Hall–Kier alpha value is -4.69. The van der Waals surface area contributed by atoms with Crippen LogP contribution in [-0.2, 0) is 36.8 Å². The molecule has 2 atom stereocenters. The van der Waals surface area contributed by atoms with E-state index in [1.165, 1.54) is 57.3 Å². The lowest BCUT2D eigenvalue weighted by molar-refractivity contribution is -0.146. The summed E-state index contributed by atoms with van der Waals surface area (Å²) in [5.74, 6) is -2.12. The number of likely N-dealkylation sites (N-methyl/N-ethyl adjacent to an activating group) is 1.